The fourth-order valence-corrected chi connectivity index (χ4v) is 2.66. The minimum absolute atomic E-state index is 0.265. The Morgan fingerprint density at radius 1 is 0.964 bits per heavy atom. The van der Waals surface area contributed by atoms with Crippen molar-refractivity contribution in [2.45, 2.75) is 13.3 Å². The van der Waals surface area contributed by atoms with E-state index in [2.05, 4.69) is 15.6 Å². The molecule has 3 aromatic rings. The highest BCUT2D eigenvalue weighted by molar-refractivity contribution is 6.08. The van der Waals surface area contributed by atoms with Crippen LogP contribution >= 0.6 is 0 Å². The zero-order valence-corrected chi connectivity index (χ0v) is 15.3. The van der Waals surface area contributed by atoms with Gasteiger partial charge in [-0.15, -0.1) is 0 Å². The highest BCUT2D eigenvalue weighted by Crippen LogP contribution is 2.17. The number of aromatic nitrogens is 1. The molecular weight excluding hydrogens is 352 g/mol. The number of nitrogens with zero attached hydrogens (tertiary/aromatic N) is 2. The molecule has 138 valence electrons. The maximum atomic E-state index is 12.6. The lowest BCUT2D eigenvalue weighted by Crippen LogP contribution is -2.16. The van der Waals surface area contributed by atoms with E-state index in [0.29, 0.717) is 16.8 Å². The van der Waals surface area contributed by atoms with Crippen LogP contribution in [0, 0.1) is 11.3 Å². The van der Waals surface area contributed by atoms with Crippen molar-refractivity contribution in [1.82, 2.24) is 4.98 Å². The average Bonchev–Trinajstić information content (AvgIpc) is 2.74. The molecule has 2 N–H and O–H groups in total. The van der Waals surface area contributed by atoms with Crippen LogP contribution in [0.4, 0.5) is 11.4 Å². The number of pyridine rings is 1. The summed E-state index contributed by atoms with van der Waals surface area (Å²) < 4.78 is 0. The molecule has 6 nitrogen and oxygen atoms in total. The Morgan fingerprint density at radius 2 is 1.61 bits per heavy atom. The van der Waals surface area contributed by atoms with Crippen molar-refractivity contribution in [3.8, 4) is 6.07 Å². The van der Waals surface area contributed by atoms with Gasteiger partial charge >= 0.3 is 0 Å². The summed E-state index contributed by atoms with van der Waals surface area (Å²) in [6, 6.07) is 17.6. The lowest BCUT2D eigenvalue weighted by Gasteiger charge is -2.10. The molecule has 0 radical (unpaired) electrons. The second kappa shape index (κ2) is 8.60. The fraction of sp³-hybridized carbons (Fsp3) is 0.0909. The molecule has 28 heavy (non-hydrogen) atoms. The molecule has 1 heterocycles. The third-order valence-corrected chi connectivity index (χ3v) is 4.18. The first-order valence-electron chi connectivity index (χ1n) is 8.76. The molecule has 0 aliphatic carbocycles. The van der Waals surface area contributed by atoms with Gasteiger partial charge in [-0.2, -0.15) is 5.26 Å². The number of carbonyl (C=O) groups excluding carboxylic acids is 2. The van der Waals surface area contributed by atoms with Gasteiger partial charge in [0.05, 0.1) is 22.8 Å². The van der Waals surface area contributed by atoms with Gasteiger partial charge in [-0.3, -0.25) is 14.6 Å². The van der Waals surface area contributed by atoms with Crippen LogP contribution in [-0.2, 0) is 6.42 Å². The SMILES string of the molecule is CCc1ccccc1NC(=O)c1cncc(C(=O)Nc2ccc(C#N)cc2)c1. The minimum atomic E-state index is -0.388. The van der Waals surface area contributed by atoms with Crippen LogP contribution in [0.25, 0.3) is 0 Å². The second-order valence-corrected chi connectivity index (χ2v) is 6.07. The largest absolute Gasteiger partial charge is 0.322 e. The number of nitrogens with one attached hydrogen (secondary N) is 2. The number of anilines is 2. The summed E-state index contributed by atoms with van der Waals surface area (Å²) in [4.78, 5) is 29.0. The summed E-state index contributed by atoms with van der Waals surface area (Å²) in [5, 5.41) is 14.4. The van der Waals surface area contributed by atoms with E-state index in [1.54, 1.807) is 24.3 Å². The quantitative estimate of drug-likeness (QED) is 0.709. The van der Waals surface area contributed by atoms with E-state index in [1.165, 1.54) is 18.5 Å². The summed E-state index contributed by atoms with van der Waals surface area (Å²) in [6.07, 6.45) is 3.61. The molecule has 2 amide bonds. The van der Waals surface area contributed by atoms with Crippen molar-refractivity contribution in [3.05, 3.63) is 89.2 Å². The van der Waals surface area contributed by atoms with E-state index >= 15 is 0 Å². The number of para-hydroxylation sites is 1. The highest BCUT2D eigenvalue weighted by Gasteiger charge is 2.13. The Balaban J connectivity index is 1.74. The van der Waals surface area contributed by atoms with Gasteiger partial charge in [-0.05, 0) is 48.4 Å². The van der Waals surface area contributed by atoms with Crippen molar-refractivity contribution in [1.29, 1.82) is 5.26 Å². The molecule has 3 rings (SSSR count). The van der Waals surface area contributed by atoms with Crippen LogP contribution in [0.15, 0.2) is 67.0 Å². The predicted molar refractivity (Wildman–Crippen MR) is 107 cm³/mol. The van der Waals surface area contributed by atoms with Gasteiger partial charge in [0.25, 0.3) is 11.8 Å². The molecule has 0 bridgehead atoms. The van der Waals surface area contributed by atoms with Crippen molar-refractivity contribution in [2.24, 2.45) is 0 Å². The fourth-order valence-electron chi connectivity index (χ4n) is 2.66. The summed E-state index contributed by atoms with van der Waals surface area (Å²) in [6.45, 7) is 2.01. The Labute approximate surface area is 162 Å². The number of aryl methyl sites for hydroxylation is 1. The van der Waals surface area contributed by atoms with Crippen molar-refractivity contribution >= 4 is 23.2 Å². The van der Waals surface area contributed by atoms with Gasteiger partial charge in [0.15, 0.2) is 0 Å². The zero-order chi connectivity index (χ0) is 19.9. The topological polar surface area (TPSA) is 94.9 Å². The van der Waals surface area contributed by atoms with E-state index in [0.717, 1.165) is 17.7 Å². The molecule has 0 spiro atoms. The number of nitriles is 1. The van der Waals surface area contributed by atoms with Crippen LogP contribution in [0.3, 0.4) is 0 Å². The van der Waals surface area contributed by atoms with Crippen LogP contribution in [0.5, 0.6) is 0 Å². The molecule has 0 unspecified atom stereocenters. The predicted octanol–water partition coefficient (Wildman–Crippen LogP) is 4.02. The van der Waals surface area contributed by atoms with Gasteiger partial charge in [0.1, 0.15) is 0 Å². The molecule has 2 aromatic carbocycles. The smallest absolute Gasteiger partial charge is 0.257 e. The summed E-state index contributed by atoms with van der Waals surface area (Å²) in [5.41, 5.74) is 3.38. The number of rotatable bonds is 5. The molecule has 0 saturated heterocycles. The zero-order valence-electron chi connectivity index (χ0n) is 15.3. The average molecular weight is 370 g/mol. The normalized spacial score (nSPS) is 10.0. The Kier molecular flexibility index (Phi) is 5.78. The second-order valence-electron chi connectivity index (χ2n) is 6.07. The summed E-state index contributed by atoms with van der Waals surface area (Å²) in [5.74, 6) is -0.720. The van der Waals surface area contributed by atoms with E-state index < -0.39 is 0 Å². The molecule has 0 aliphatic rings. The van der Waals surface area contributed by atoms with Gasteiger partial charge < -0.3 is 10.6 Å². The minimum Gasteiger partial charge on any atom is -0.322 e. The van der Waals surface area contributed by atoms with E-state index in [1.807, 2.05) is 37.3 Å². The highest BCUT2D eigenvalue weighted by atomic mass is 16.2. The maximum absolute atomic E-state index is 12.6. The number of amides is 2. The third kappa shape index (κ3) is 4.40. The molecular formula is C22H18N4O2. The number of carbonyl (C=O) groups is 2. The maximum Gasteiger partial charge on any atom is 0.257 e. The van der Waals surface area contributed by atoms with Gasteiger partial charge in [-0.1, -0.05) is 25.1 Å². The van der Waals surface area contributed by atoms with Crippen LogP contribution in [-0.4, -0.2) is 16.8 Å². The number of hydrogen-bond acceptors (Lipinski definition) is 4. The third-order valence-electron chi connectivity index (χ3n) is 4.18. The summed E-state index contributed by atoms with van der Waals surface area (Å²) >= 11 is 0. The van der Waals surface area contributed by atoms with Gasteiger partial charge in [0, 0.05) is 23.8 Å². The monoisotopic (exact) mass is 370 g/mol. The lowest BCUT2D eigenvalue weighted by molar-refractivity contribution is 0.102. The first-order chi connectivity index (χ1) is 13.6. The Morgan fingerprint density at radius 3 is 2.25 bits per heavy atom. The molecule has 0 aliphatic heterocycles. The van der Waals surface area contributed by atoms with E-state index in [-0.39, 0.29) is 17.4 Å². The van der Waals surface area contributed by atoms with E-state index in [4.69, 9.17) is 5.26 Å². The van der Waals surface area contributed by atoms with Crippen molar-refractivity contribution < 1.29 is 9.59 Å². The van der Waals surface area contributed by atoms with Crippen LogP contribution < -0.4 is 10.6 Å². The number of benzene rings is 2. The Bertz CT molecular complexity index is 1050. The first kappa shape index (κ1) is 18.8. The summed E-state index contributed by atoms with van der Waals surface area (Å²) in [7, 11) is 0. The first-order valence-corrected chi connectivity index (χ1v) is 8.76. The standard InChI is InChI=1S/C22H18N4O2/c1-2-16-5-3-4-6-20(16)26-22(28)18-11-17(13-24-14-18)21(27)25-19-9-7-15(12-23)8-10-19/h3-11,13-14H,2H2,1H3,(H,25,27)(H,26,28). The van der Waals surface area contributed by atoms with Gasteiger partial charge in [0.2, 0.25) is 0 Å². The lowest BCUT2D eigenvalue weighted by atomic mass is 10.1. The molecule has 0 atom stereocenters. The molecule has 0 fully saturated rings. The van der Waals surface area contributed by atoms with Crippen molar-refractivity contribution in [3.63, 3.8) is 0 Å². The van der Waals surface area contributed by atoms with Crippen molar-refractivity contribution in [2.75, 3.05) is 10.6 Å². The molecule has 6 heteroatoms. The number of hydrogen-bond donors (Lipinski definition) is 2. The Hall–Kier alpha value is -3.98. The van der Waals surface area contributed by atoms with E-state index in [9.17, 15) is 9.59 Å². The molecule has 0 saturated carbocycles. The van der Waals surface area contributed by atoms with Crippen LogP contribution in [0.2, 0.25) is 0 Å². The van der Waals surface area contributed by atoms with Gasteiger partial charge in [-0.25, -0.2) is 0 Å². The van der Waals surface area contributed by atoms with Crippen LogP contribution in [0.1, 0.15) is 38.8 Å². The molecule has 1 aromatic heterocycles.